The third-order valence-corrected chi connectivity index (χ3v) is 4.64. The summed E-state index contributed by atoms with van der Waals surface area (Å²) in [5, 5.41) is 13.3. The predicted octanol–water partition coefficient (Wildman–Crippen LogP) is 3.25. The quantitative estimate of drug-likeness (QED) is 0.810. The van der Waals surface area contributed by atoms with E-state index >= 15 is 0 Å². The van der Waals surface area contributed by atoms with Gasteiger partial charge in [-0.2, -0.15) is 5.26 Å². The van der Waals surface area contributed by atoms with Gasteiger partial charge >= 0.3 is 0 Å². The number of carbonyl (C=O) groups excluding carboxylic acids is 1. The molecule has 0 aromatic carbocycles. The van der Waals surface area contributed by atoms with Crippen molar-refractivity contribution in [1.29, 1.82) is 5.26 Å². The summed E-state index contributed by atoms with van der Waals surface area (Å²) in [6.45, 7) is 5.79. The van der Waals surface area contributed by atoms with Crippen LogP contribution in [0.15, 0.2) is 0 Å². The normalized spacial score (nSPS) is 16.2. The molecule has 5 heteroatoms. The van der Waals surface area contributed by atoms with Crippen molar-refractivity contribution in [1.82, 2.24) is 0 Å². The van der Waals surface area contributed by atoms with Crippen molar-refractivity contribution in [2.24, 2.45) is 11.8 Å². The van der Waals surface area contributed by atoms with Gasteiger partial charge < -0.3 is 11.1 Å². The molecule has 1 aromatic heterocycles. The van der Waals surface area contributed by atoms with Gasteiger partial charge in [-0.25, -0.2) is 0 Å². The van der Waals surface area contributed by atoms with E-state index in [-0.39, 0.29) is 11.7 Å². The van der Waals surface area contributed by atoms with Gasteiger partial charge in [0.1, 0.15) is 16.6 Å². The molecular formula is C14H19N3OS. The summed E-state index contributed by atoms with van der Waals surface area (Å²) >= 11 is 1.31. The third kappa shape index (κ3) is 2.74. The minimum atomic E-state index is -0.110. The average Bonchev–Trinajstić information content (AvgIpc) is 3.15. The molecule has 1 saturated carbocycles. The average molecular weight is 277 g/mol. The number of nitrogen functional groups attached to an aromatic ring is 1. The van der Waals surface area contributed by atoms with E-state index in [0.717, 1.165) is 5.00 Å². The lowest BCUT2D eigenvalue weighted by atomic mass is 10.1. The van der Waals surface area contributed by atoms with E-state index in [4.69, 9.17) is 5.73 Å². The molecule has 19 heavy (non-hydrogen) atoms. The number of hydrogen-bond acceptors (Lipinski definition) is 5. The highest BCUT2D eigenvalue weighted by molar-refractivity contribution is 7.19. The summed E-state index contributed by atoms with van der Waals surface area (Å²) in [5.41, 5.74) is 6.70. The summed E-state index contributed by atoms with van der Waals surface area (Å²) in [4.78, 5) is 12.6. The van der Waals surface area contributed by atoms with Crippen LogP contribution in [0.2, 0.25) is 0 Å². The molecular weight excluding hydrogens is 258 g/mol. The number of nitriles is 1. The molecule has 3 N–H and O–H groups in total. The molecule has 0 radical (unpaired) electrons. The lowest BCUT2D eigenvalue weighted by molar-refractivity contribution is 0.0944. The van der Waals surface area contributed by atoms with Crippen molar-refractivity contribution in [2.45, 2.75) is 39.7 Å². The molecule has 0 aliphatic heterocycles. The van der Waals surface area contributed by atoms with Crippen molar-refractivity contribution >= 4 is 27.8 Å². The van der Waals surface area contributed by atoms with Gasteiger partial charge in [0.05, 0.1) is 10.6 Å². The number of nitrogens with zero attached hydrogens (tertiary/aromatic N) is 1. The maximum atomic E-state index is 12.1. The minimum absolute atomic E-state index is 0.00567. The summed E-state index contributed by atoms with van der Waals surface area (Å²) in [7, 11) is 0. The number of carbonyl (C=O) groups is 1. The van der Waals surface area contributed by atoms with Gasteiger partial charge in [-0.05, 0) is 25.7 Å². The second-order valence-electron chi connectivity index (χ2n) is 5.45. The molecule has 0 bridgehead atoms. The number of Topliss-reactive ketones (excluding diaryl/α,β-unsaturated/α-hetero) is 1. The summed E-state index contributed by atoms with van der Waals surface area (Å²) in [6.07, 6.45) is 2.46. The van der Waals surface area contributed by atoms with E-state index < -0.39 is 0 Å². The number of anilines is 2. The van der Waals surface area contributed by atoms with E-state index in [2.05, 4.69) is 18.3 Å². The number of rotatable bonds is 5. The standard InChI is InChI=1S/C14H19N3OS/c1-7(2)12(18)13-11(16)10(6-15)14(19-13)17-8(3)9-4-5-9/h7-9,17H,4-5,16H2,1-3H3. The number of hydrogen-bond donors (Lipinski definition) is 2. The fraction of sp³-hybridized carbons (Fsp3) is 0.571. The molecule has 1 aromatic rings. The molecule has 0 spiro atoms. The van der Waals surface area contributed by atoms with E-state index in [9.17, 15) is 10.1 Å². The van der Waals surface area contributed by atoms with Crippen molar-refractivity contribution in [3.05, 3.63) is 10.4 Å². The Balaban J connectivity index is 2.30. The Morgan fingerprint density at radius 2 is 2.11 bits per heavy atom. The topological polar surface area (TPSA) is 78.9 Å². The van der Waals surface area contributed by atoms with Crippen molar-refractivity contribution in [3.63, 3.8) is 0 Å². The molecule has 2 rings (SSSR count). The predicted molar refractivity (Wildman–Crippen MR) is 78.4 cm³/mol. The van der Waals surface area contributed by atoms with Gasteiger partial charge in [0, 0.05) is 12.0 Å². The van der Waals surface area contributed by atoms with Crippen LogP contribution in [0.5, 0.6) is 0 Å². The van der Waals surface area contributed by atoms with Crippen LogP contribution in [0, 0.1) is 23.2 Å². The highest BCUT2D eigenvalue weighted by Gasteiger charge is 2.30. The van der Waals surface area contributed by atoms with Gasteiger partial charge in [0.2, 0.25) is 0 Å². The first kappa shape index (κ1) is 13.9. The van der Waals surface area contributed by atoms with Gasteiger partial charge in [0.25, 0.3) is 0 Å². The largest absolute Gasteiger partial charge is 0.396 e. The highest BCUT2D eigenvalue weighted by atomic mass is 32.1. The lowest BCUT2D eigenvalue weighted by Gasteiger charge is -2.12. The zero-order valence-corrected chi connectivity index (χ0v) is 12.3. The van der Waals surface area contributed by atoms with Crippen molar-refractivity contribution in [3.8, 4) is 6.07 Å². The van der Waals surface area contributed by atoms with Crippen LogP contribution >= 0.6 is 11.3 Å². The van der Waals surface area contributed by atoms with Crippen LogP contribution in [-0.4, -0.2) is 11.8 Å². The van der Waals surface area contributed by atoms with Crippen LogP contribution in [0.3, 0.4) is 0 Å². The number of nitrogens with one attached hydrogen (secondary N) is 1. The Bertz CT molecular complexity index is 538. The maximum absolute atomic E-state index is 12.1. The Hall–Kier alpha value is -1.54. The lowest BCUT2D eigenvalue weighted by Crippen LogP contribution is -2.16. The van der Waals surface area contributed by atoms with Gasteiger partial charge in [-0.1, -0.05) is 13.8 Å². The Morgan fingerprint density at radius 1 is 1.47 bits per heavy atom. The fourth-order valence-electron chi connectivity index (χ4n) is 2.02. The molecule has 0 amide bonds. The third-order valence-electron chi connectivity index (χ3n) is 3.49. The molecule has 1 aliphatic rings. The molecule has 1 fully saturated rings. The van der Waals surface area contributed by atoms with Crippen LogP contribution in [0.4, 0.5) is 10.7 Å². The van der Waals surface area contributed by atoms with E-state index in [0.29, 0.717) is 28.1 Å². The molecule has 4 nitrogen and oxygen atoms in total. The monoisotopic (exact) mass is 277 g/mol. The van der Waals surface area contributed by atoms with Crippen LogP contribution in [0.25, 0.3) is 0 Å². The zero-order valence-electron chi connectivity index (χ0n) is 11.5. The van der Waals surface area contributed by atoms with Crippen LogP contribution in [0.1, 0.15) is 48.8 Å². The first-order valence-electron chi connectivity index (χ1n) is 6.58. The first-order chi connectivity index (χ1) is 8.95. The number of ketones is 1. The van der Waals surface area contributed by atoms with E-state index in [1.165, 1.54) is 24.2 Å². The molecule has 0 saturated heterocycles. The van der Waals surface area contributed by atoms with Gasteiger partial charge in [0.15, 0.2) is 5.78 Å². The first-order valence-corrected chi connectivity index (χ1v) is 7.40. The Kier molecular flexibility index (Phi) is 3.81. The highest BCUT2D eigenvalue weighted by Crippen LogP contribution is 2.40. The molecule has 102 valence electrons. The minimum Gasteiger partial charge on any atom is -0.396 e. The van der Waals surface area contributed by atoms with Gasteiger partial charge in [-0.3, -0.25) is 4.79 Å². The maximum Gasteiger partial charge on any atom is 0.177 e. The van der Waals surface area contributed by atoms with Crippen LogP contribution < -0.4 is 11.1 Å². The summed E-state index contributed by atoms with van der Waals surface area (Å²) < 4.78 is 0. The summed E-state index contributed by atoms with van der Waals surface area (Å²) in [5.74, 6) is 0.575. The molecule has 1 atom stereocenters. The summed E-state index contributed by atoms with van der Waals surface area (Å²) in [6, 6.07) is 2.44. The Morgan fingerprint density at radius 3 is 2.58 bits per heavy atom. The van der Waals surface area contributed by atoms with E-state index in [1.54, 1.807) is 0 Å². The SMILES string of the molecule is CC(C)C(=O)c1sc(NC(C)C2CC2)c(C#N)c1N. The van der Waals surface area contributed by atoms with Crippen LogP contribution in [-0.2, 0) is 0 Å². The smallest absolute Gasteiger partial charge is 0.177 e. The number of thiophene rings is 1. The zero-order chi connectivity index (χ0) is 14.2. The molecule has 1 heterocycles. The second kappa shape index (κ2) is 5.22. The fourth-order valence-corrected chi connectivity index (χ4v) is 3.28. The molecule has 1 aliphatic carbocycles. The van der Waals surface area contributed by atoms with E-state index in [1.807, 2.05) is 13.8 Å². The molecule has 1 unspecified atom stereocenters. The number of nitrogens with two attached hydrogens (primary N) is 1. The van der Waals surface area contributed by atoms with Crippen molar-refractivity contribution < 1.29 is 4.79 Å². The second-order valence-corrected chi connectivity index (χ2v) is 6.47. The van der Waals surface area contributed by atoms with Crippen molar-refractivity contribution in [2.75, 3.05) is 11.1 Å². The van der Waals surface area contributed by atoms with Gasteiger partial charge in [-0.15, -0.1) is 11.3 Å². The Labute approximate surface area is 117 Å².